The van der Waals surface area contributed by atoms with Gasteiger partial charge in [0, 0.05) is 0 Å². The molecule has 0 saturated carbocycles. The quantitative estimate of drug-likeness (QED) is 0.532. The van der Waals surface area contributed by atoms with E-state index in [1.165, 1.54) is 0 Å². The second-order valence-corrected chi connectivity index (χ2v) is 2.70. The monoisotopic (exact) mass is 156 g/mol. The van der Waals surface area contributed by atoms with Crippen molar-refractivity contribution in [2.45, 2.75) is 32.4 Å². The molecule has 4 nitrogen and oxygen atoms in total. The molecule has 2 amide bonds. The summed E-state index contributed by atoms with van der Waals surface area (Å²) in [4.78, 5) is 22.0. The molecule has 0 aromatic carbocycles. The lowest BCUT2D eigenvalue weighted by Gasteiger charge is -2.26. The van der Waals surface area contributed by atoms with Crippen molar-refractivity contribution in [3.8, 4) is 0 Å². The highest BCUT2D eigenvalue weighted by Crippen LogP contribution is 1.99. The molecule has 1 heterocycles. The molecule has 0 aromatic heterocycles. The fourth-order valence-corrected chi connectivity index (χ4v) is 1.03. The van der Waals surface area contributed by atoms with Crippen molar-refractivity contribution in [3.05, 3.63) is 0 Å². The highest BCUT2D eigenvalue weighted by Gasteiger charge is 2.29. The van der Waals surface area contributed by atoms with E-state index >= 15 is 0 Å². The Bertz CT molecular complexity index is 191. The lowest BCUT2D eigenvalue weighted by Crippen LogP contribution is -2.60. The average Bonchev–Trinajstić information content (AvgIpc) is 1.97. The minimum atomic E-state index is -0.384. The van der Waals surface area contributed by atoms with E-state index in [9.17, 15) is 9.59 Å². The molecule has 4 heteroatoms. The normalized spacial score (nSPS) is 31.1. The zero-order chi connectivity index (χ0) is 8.43. The lowest BCUT2D eigenvalue weighted by atomic mass is 10.1. The van der Waals surface area contributed by atoms with Crippen LogP contribution in [0.2, 0.25) is 0 Å². The molecule has 62 valence electrons. The van der Waals surface area contributed by atoms with Crippen molar-refractivity contribution < 1.29 is 9.59 Å². The Morgan fingerprint density at radius 2 is 1.91 bits per heavy atom. The van der Waals surface area contributed by atoms with Crippen molar-refractivity contribution in [1.29, 1.82) is 0 Å². The van der Waals surface area contributed by atoms with Crippen LogP contribution in [0.3, 0.4) is 0 Å². The van der Waals surface area contributed by atoms with Crippen LogP contribution in [0.1, 0.15) is 20.3 Å². The van der Waals surface area contributed by atoms with Gasteiger partial charge in [-0.05, 0) is 13.3 Å². The lowest BCUT2D eigenvalue weighted by molar-refractivity contribution is -0.136. The second kappa shape index (κ2) is 2.90. The first-order valence-electron chi connectivity index (χ1n) is 3.76. The molecule has 0 aliphatic carbocycles. The van der Waals surface area contributed by atoms with Crippen molar-refractivity contribution in [2.24, 2.45) is 0 Å². The SMILES string of the molecule is CCC1NC(=O)C(C)NC1=O. The number of piperazine rings is 1. The number of carbonyl (C=O) groups is 2. The van der Waals surface area contributed by atoms with Crippen LogP contribution in [0.5, 0.6) is 0 Å². The van der Waals surface area contributed by atoms with E-state index in [1.54, 1.807) is 6.92 Å². The summed E-state index contributed by atoms with van der Waals surface area (Å²) < 4.78 is 0. The van der Waals surface area contributed by atoms with Crippen LogP contribution in [0, 0.1) is 0 Å². The smallest absolute Gasteiger partial charge is 0.243 e. The maximum Gasteiger partial charge on any atom is 0.243 e. The molecule has 11 heavy (non-hydrogen) atoms. The zero-order valence-corrected chi connectivity index (χ0v) is 6.68. The van der Waals surface area contributed by atoms with Gasteiger partial charge in [-0.25, -0.2) is 0 Å². The third kappa shape index (κ3) is 1.50. The van der Waals surface area contributed by atoms with Crippen LogP contribution in [0.4, 0.5) is 0 Å². The molecule has 1 fully saturated rings. The number of hydrogen-bond donors (Lipinski definition) is 2. The summed E-state index contributed by atoms with van der Waals surface area (Å²) in [5.74, 6) is -0.184. The Morgan fingerprint density at radius 3 is 2.45 bits per heavy atom. The molecule has 0 spiro atoms. The third-order valence-corrected chi connectivity index (χ3v) is 1.79. The Kier molecular flexibility index (Phi) is 2.12. The van der Waals surface area contributed by atoms with E-state index in [2.05, 4.69) is 10.6 Å². The van der Waals surface area contributed by atoms with E-state index in [0.717, 1.165) is 0 Å². The summed E-state index contributed by atoms with van der Waals surface area (Å²) in [6.07, 6.45) is 0.643. The van der Waals surface area contributed by atoms with Gasteiger partial charge in [-0.1, -0.05) is 6.92 Å². The van der Waals surface area contributed by atoms with E-state index in [0.29, 0.717) is 6.42 Å². The Labute approximate surface area is 65.3 Å². The molecule has 1 saturated heterocycles. The number of amides is 2. The van der Waals surface area contributed by atoms with E-state index in [4.69, 9.17) is 0 Å². The maximum absolute atomic E-state index is 11.1. The standard InChI is InChI=1S/C7H12N2O2/c1-3-5-7(11)8-4(2)6(10)9-5/h4-5H,3H2,1-2H3,(H,8,11)(H,9,10). The van der Waals surface area contributed by atoms with E-state index in [-0.39, 0.29) is 23.9 Å². The molecule has 0 radical (unpaired) electrons. The highest BCUT2D eigenvalue weighted by atomic mass is 16.2. The summed E-state index contributed by atoms with van der Waals surface area (Å²) in [7, 11) is 0. The highest BCUT2D eigenvalue weighted by molar-refractivity contribution is 5.96. The van der Waals surface area contributed by atoms with E-state index in [1.807, 2.05) is 6.92 Å². The van der Waals surface area contributed by atoms with Gasteiger partial charge in [0.2, 0.25) is 11.8 Å². The minimum absolute atomic E-state index is 0.0837. The number of nitrogens with one attached hydrogen (secondary N) is 2. The van der Waals surface area contributed by atoms with Crippen molar-refractivity contribution in [2.75, 3.05) is 0 Å². The van der Waals surface area contributed by atoms with Gasteiger partial charge in [-0.2, -0.15) is 0 Å². The number of carbonyl (C=O) groups excluding carboxylic acids is 2. The first kappa shape index (κ1) is 8.04. The maximum atomic E-state index is 11.1. The van der Waals surface area contributed by atoms with Gasteiger partial charge in [0.05, 0.1) is 0 Å². The Morgan fingerprint density at radius 1 is 1.27 bits per heavy atom. The summed E-state index contributed by atoms with van der Waals surface area (Å²) >= 11 is 0. The molecule has 0 bridgehead atoms. The molecular formula is C7H12N2O2. The van der Waals surface area contributed by atoms with Crippen LogP contribution >= 0.6 is 0 Å². The molecule has 0 aromatic rings. The second-order valence-electron chi connectivity index (χ2n) is 2.70. The molecular weight excluding hydrogens is 144 g/mol. The van der Waals surface area contributed by atoms with Gasteiger partial charge in [-0.3, -0.25) is 9.59 Å². The largest absolute Gasteiger partial charge is 0.343 e. The zero-order valence-electron chi connectivity index (χ0n) is 6.68. The van der Waals surface area contributed by atoms with Gasteiger partial charge in [-0.15, -0.1) is 0 Å². The van der Waals surface area contributed by atoms with Crippen molar-refractivity contribution in [1.82, 2.24) is 10.6 Å². The van der Waals surface area contributed by atoms with Crippen LogP contribution in [-0.4, -0.2) is 23.9 Å². The predicted molar refractivity (Wildman–Crippen MR) is 39.8 cm³/mol. The number of hydrogen-bond acceptors (Lipinski definition) is 2. The van der Waals surface area contributed by atoms with Gasteiger partial charge in [0.15, 0.2) is 0 Å². The van der Waals surface area contributed by atoms with Gasteiger partial charge in [0.25, 0.3) is 0 Å². The van der Waals surface area contributed by atoms with Crippen LogP contribution in [0.25, 0.3) is 0 Å². The van der Waals surface area contributed by atoms with Crippen molar-refractivity contribution >= 4 is 11.8 Å². The molecule has 2 N–H and O–H groups in total. The average molecular weight is 156 g/mol. The molecule has 2 unspecified atom stereocenters. The summed E-state index contributed by atoms with van der Waals surface area (Å²) in [6, 6.07) is -0.719. The summed E-state index contributed by atoms with van der Waals surface area (Å²) in [5, 5.41) is 5.19. The predicted octanol–water partition coefficient (Wildman–Crippen LogP) is -0.601. The molecule has 1 aliphatic heterocycles. The minimum Gasteiger partial charge on any atom is -0.343 e. The summed E-state index contributed by atoms with van der Waals surface area (Å²) in [5.41, 5.74) is 0. The first-order valence-corrected chi connectivity index (χ1v) is 3.76. The Balaban J connectivity index is 2.62. The first-order chi connectivity index (χ1) is 5.15. The van der Waals surface area contributed by atoms with Crippen LogP contribution < -0.4 is 10.6 Å². The topological polar surface area (TPSA) is 58.2 Å². The molecule has 2 atom stereocenters. The van der Waals surface area contributed by atoms with Gasteiger partial charge in [0.1, 0.15) is 12.1 Å². The van der Waals surface area contributed by atoms with Gasteiger partial charge < -0.3 is 10.6 Å². The molecule has 1 aliphatic rings. The van der Waals surface area contributed by atoms with Gasteiger partial charge >= 0.3 is 0 Å². The Hall–Kier alpha value is -1.06. The summed E-state index contributed by atoms with van der Waals surface area (Å²) in [6.45, 7) is 3.53. The van der Waals surface area contributed by atoms with E-state index < -0.39 is 0 Å². The fraction of sp³-hybridized carbons (Fsp3) is 0.714. The fourth-order valence-electron chi connectivity index (χ4n) is 1.03. The van der Waals surface area contributed by atoms with Crippen LogP contribution in [0.15, 0.2) is 0 Å². The van der Waals surface area contributed by atoms with Crippen LogP contribution in [-0.2, 0) is 9.59 Å². The molecule has 1 rings (SSSR count). The number of rotatable bonds is 1. The van der Waals surface area contributed by atoms with Crippen molar-refractivity contribution in [3.63, 3.8) is 0 Å². The third-order valence-electron chi connectivity index (χ3n) is 1.79.